The molecule has 1 amide bonds. The third kappa shape index (κ3) is 3.36. The number of hydrogen-bond acceptors (Lipinski definition) is 2. The van der Waals surface area contributed by atoms with E-state index in [-0.39, 0.29) is 17.1 Å². The lowest BCUT2D eigenvalue weighted by atomic mass is 9.94. The van der Waals surface area contributed by atoms with Gasteiger partial charge in [-0.05, 0) is 42.7 Å². The van der Waals surface area contributed by atoms with E-state index in [4.69, 9.17) is 4.74 Å². The second-order valence-electron chi connectivity index (χ2n) is 5.98. The largest absolute Gasteiger partial charge is 0.492 e. The lowest BCUT2D eigenvalue weighted by Gasteiger charge is -2.24. The summed E-state index contributed by atoms with van der Waals surface area (Å²) in [6.45, 7) is 0.892. The summed E-state index contributed by atoms with van der Waals surface area (Å²) in [5, 5.41) is 0. The van der Waals surface area contributed by atoms with Crippen LogP contribution in [-0.2, 0) is 10.2 Å². The van der Waals surface area contributed by atoms with E-state index in [1.54, 1.807) is 24.1 Å². The standard InChI is InChI=1S/C19H20FNO2/c1-21(13-14-23-17-9-7-16(20)8-10-17)18(22)19(11-12-19)15-5-3-2-4-6-15/h2-10H,11-14H2,1H3. The Morgan fingerprint density at radius 2 is 1.78 bits per heavy atom. The van der Waals surface area contributed by atoms with Crippen LogP contribution < -0.4 is 4.74 Å². The summed E-state index contributed by atoms with van der Waals surface area (Å²) in [6.07, 6.45) is 1.80. The molecule has 4 heteroatoms. The highest BCUT2D eigenvalue weighted by Gasteiger charge is 2.52. The van der Waals surface area contributed by atoms with Gasteiger partial charge in [-0.3, -0.25) is 4.79 Å². The van der Waals surface area contributed by atoms with E-state index < -0.39 is 0 Å². The van der Waals surface area contributed by atoms with Crippen LogP contribution in [0.3, 0.4) is 0 Å². The molecule has 0 atom stereocenters. The number of benzene rings is 2. The molecule has 3 rings (SSSR count). The van der Waals surface area contributed by atoms with E-state index in [1.165, 1.54) is 12.1 Å². The molecule has 2 aromatic carbocycles. The van der Waals surface area contributed by atoms with Gasteiger partial charge in [0.2, 0.25) is 5.91 Å². The predicted octanol–water partition coefficient (Wildman–Crippen LogP) is 3.39. The quantitative estimate of drug-likeness (QED) is 0.818. The molecule has 0 unspecified atom stereocenters. The molecule has 0 heterocycles. The van der Waals surface area contributed by atoms with Gasteiger partial charge in [0.15, 0.2) is 0 Å². The molecule has 0 aliphatic heterocycles. The minimum atomic E-state index is -0.341. The Morgan fingerprint density at radius 1 is 1.13 bits per heavy atom. The second-order valence-corrected chi connectivity index (χ2v) is 5.98. The Kier molecular flexibility index (Phi) is 4.33. The van der Waals surface area contributed by atoms with E-state index >= 15 is 0 Å². The minimum Gasteiger partial charge on any atom is -0.492 e. The zero-order valence-corrected chi connectivity index (χ0v) is 13.2. The number of amides is 1. The van der Waals surface area contributed by atoms with Gasteiger partial charge in [-0.15, -0.1) is 0 Å². The molecule has 2 aromatic rings. The van der Waals surface area contributed by atoms with Crippen molar-refractivity contribution in [1.82, 2.24) is 4.90 Å². The van der Waals surface area contributed by atoms with Gasteiger partial charge in [-0.2, -0.15) is 0 Å². The molecule has 1 aliphatic carbocycles. The first-order chi connectivity index (χ1) is 11.1. The van der Waals surface area contributed by atoms with Crippen molar-refractivity contribution in [2.24, 2.45) is 0 Å². The highest BCUT2D eigenvalue weighted by Crippen LogP contribution is 2.49. The number of likely N-dealkylation sites (N-methyl/N-ethyl adjacent to an activating group) is 1. The van der Waals surface area contributed by atoms with Crippen molar-refractivity contribution < 1.29 is 13.9 Å². The Balaban J connectivity index is 1.55. The maximum Gasteiger partial charge on any atom is 0.233 e. The molecule has 1 aliphatic rings. The summed E-state index contributed by atoms with van der Waals surface area (Å²) in [7, 11) is 1.80. The van der Waals surface area contributed by atoms with E-state index in [9.17, 15) is 9.18 Å². The summed E-state index contributed by atoms with van der Waals surface area (Å²) in [4.78, 5) is 14.5. The van der Waals surface area contributed by atoms with Crippen molar-refractivity contribution in [3.8, 4) is 5.75 Å². The predicted molar refractivity (Wildman–Crippen MR) is 86.9 cm³/mol. The molecule has 3 nitrogen and oxygen atoms in total. The van der Waals surface area contributed by atoms with Crippen molar-refractivity contribution in [1.29, 1.82) is 0 Å². The van der Waals surface area contributed by atoms with Crippen molar-refractivity contribution >= 4 is 5.91 Å². The van der Waals surface area contributed by atoms with Gasteiger partial charge in [-0.1, -0.05) is 30.3 Å². The van der Waals surface area contributed by atoms with Crippen molar-refractivity contribution in [3.63, 3.8) is 0 Å². The Hall–Kier alpha value is -2.36. The van der Waals surface area contributed by atoms with E-state index in [0.29, 0.717) is 18.9 Å². The van der Waals surface area contributed by atoms with Crippen LogP contribution in [0.2, 0.25) is 0 Å². The fourth-order valence-corrected chi connectivity index (χ4v) is 2.81. The van der Waals surface area contributed by atoms with Gasteiger partial charge in [0.1, 0.15) is 18.2 Å². The van der Waals surface area contributed by atoms with Crippen molar-refractivity contribution in [2.75, 3.05) is 20.2 Å². The third-order valence-electron chi connectivity index (χ3n) is 4.34. The Bertz CT molecular complexity index is 666. The molecule has 23 heavy (non-hydrogen) atoms. The molecule has 1 fully saturated rings. The molecule has 0 saturated heterocycles. The van der Waals surface area contributed by atoms with Crippen LogP contribution in [0.4, 0.5) is 4.39 Å². The zero-order valence-electron chi connectivity index (χ0n) is 13.2. The molecule has 0 N–H and O–H groups in total. The van der Waals surface area contributed by atoms with E-state index in [0.717, 1.165) is 18.4 Å². The second kappa shape index (κ2) is 6.41. The molecular weight excluding hydrogens is 293 g/mol. The summed E-state index contributed by atoms with van der Waals surface area (Å²) in [6, 6.07) is 15.8. The van der Waals surface area contributed by atoms with Gasteiger partial charge in [0.05, 0.1) is 12.0 Å². The summed E-state index contributed by atoms with van der Waals surface area (Å²) >= 11 is 0. The normalized spacial score (nSPS) is 15.0. The molecular formula is C19H20FNO2. The highest BCUT2D eigenvalue weighted by molar-refractivity contribution is 5.91. The monoisotopic (exact) mass is 313 g/mol. The third-order valence-corrected chi connectivity index (χ3v) is 4.34. The fourth-order valence-electron chi connectivity index (χ4n) is 2.81. The van der Waals surface area contributed by atoms with Gasteiger partial charge in [0.25, 0.3) is 0 Å². The van der Waals surface area contributed by atoms with Crippen LogP contribution in [0.1, 0.15) is 18.4 Å². The number of rotatable bonds is 6. The van der Waals surface area contributed by atoms with Gasteiger partial charge >= 0.3 is 0 Å². The average Bonchev–Trinajstić information content (AvgIpc) is 3.38. The molecule has 1 saturated carbocycles. The molecule has 0 aromatic heterocycles. The maximum absolute atomic E-state index is 12.8. The molecule has 0 radical (unpaired) electrons. The summed E-state index contributed by atoms with van der Waals surface area (Å²) in [5.74, 6) is 0.464. The Morgan fingerprint density at radius 3 is 2.39 bits per heavy atom. The van der Waals surface area contributed by atoms with Crippen LogP contribution in [-0.4, -0.2) is 31.0 Å². The lowest BCUT2D eigenvalue weighted by Crippen LogP contribution is -2.38. The molecule has 0 bridgehead atoms. The average molecular weight is 313 g/mol. The van der Waals surface area contributed by atoms with Crippen molar-refractivity contribution in [2.45, 2.75) is 18.3 Å². The first kappa shape index (κ1) is 15.5. The van der Waals surface area contributed by atoms with Crippen LogP contribution in [0.25, 0.3) is 0 Å². The first-order valence-corrected chi connectivity index (χ1v) is 7.81. The van der Waals surface area contributed by atoms with Gasteiger partial charge in [0, 0.05) is 7.05 Å². The molecule has 120 valence electrons. The number of ether oxygens (including phenoxy) is 1. The van der Waals surface area contributed by atoms with E-state index in [1.807, 2.05) is 30.3 Å². The fraction of sp³-hybridized carbons (Fsp3) is 0.316. The SMILES string of the molecule is CN(CCOc1ccc(F)cc1)C(=O)C1(c2ccccc2)CC1. The minimum absolute atomic E-state index is 0.145. The number of carbonyl (C=O) groups excluding carboxylic acids is 1. The summed E-state index contributed by atoms with van der Waals surface area (Å²) < 4.78 is 18.4. The number of hydrogen-bond donors (Lipinski definition) is 0. The summed E-state index contributed by atoms with van der Waals surface area (Å²) in [5.41, 5.74) is 0.752. The molecule has 0 spiro atoms. The number of carbonyl (C=O) groups is 1. The smallest absolute Gasteiger partial charge is 0.233 e. The maximum atomic E-state index is 12.8. The first-order valence-electron chi connectivity index (χ1n) is 7.81. The Labute approximate surface area is 135 Å². The van der Waals surface area contributed by atoms with Crippen LogP contribution in [0.15, 0.2) is 54.6 Å². The number of nitrogens with zero attached hydrogens (tertiary/aromatic N) is 1. The lowest BCUT2D eigenvalue weighted by molar-refractivity contribution is -0.133. The van der Waals surface area contributed by atoms with Crippen LogP contribution in [0.5, 0.6) is 5.75 Å². The van der Waals surface area contributed by atoms with Crippen LogP contribution >= 0.6 is 0 Å². The number of halogens is 1. The van der Waals surface area contributed by atoms with Gasteiger partial charge < -0.3 is 9.64 Å². The topological polar surface area (TPSA) is 29.5 Å². The highest BCUT2D eigenvalue weighted by atomic mass is 19.1. The zero-order chi connectivity index (χ0) is 16.3. The van der Waals surface area contributed by atoms with Gasteiger partial charge in [-0.25, -0.2) is 4.39 Å². The van der Waals surface area contributed by atoms with E-state index in [2.05, 4.69) is 0 Å². The van der Waals surface area contributed by atoms with Crippen molar-refractivity contribution in [3.05, 3.63) is 66.0 Å². The van der Waals surface area contributed by atoms with Crippen LogP contribution in [0, 0.1) is 5.82 Å².